The molecule has 0 amide bonds. The van der Waals surface area contributed by atoms with Gasteiger partial charge in [0.25, 0.3) is 0 Å². The second-order valence-electron chi connectivity index (χ2n) is 13.7. The highest BCUT2D eigenvalue weighted by Crippen LogP contribution is 2.37. The maximum Gasteiger partial charge on any atom is 0.160 e. The van der Waals surface area contributed by atoms with Crippen molar-refractivity contribution in [1.82, 2.24) is 24.9 Å². The van der Waals surface area contributed by atoms with Gasteiger partial charge >= 0.3 is 0 Å². The summed E-state index contributed by atoms with van der Waals surface area (Å²) in [5.74, 6) is 0.670. The summed E-state index contributed by atoms with van der Waals surface area (Å²) in [6.45, 7) is 0. The predicted molar refractivity (Wildman–Crippen MR) is 228 cm³/mol. The third kappa shape index (κ3) is 6.37. The summed E-state index contributed by atoms with van der Waals surface area (Å²) in [5, 5.41) is 2.03. The van der Waals surface area contributed by atoms with Crippen LogP contribution in [0.25, 0.3) is 101 Å². The number of nitrogens with zero attached hydrogens (tertiary/aromatic N) is 5. The van der Waals surface area contributed by atoms with Crippen LogP contribution in [0.2, 0.25) is 0 Å². The first-order chi connectivity index (χ1) is 27.7. The average Bonchev–Trinajstić information content (AvgIpc) is 3.29. The van der Waals surface area contributed by atoms with Gasteiger partial charge in [-0.25, -0.2) is 19.9 Å². The Morgan fingerprint density at radius 3 is 1.52 bits per heavy atom. The number of rotatable bonds is 7. The van der Waals surface area contributed by atoms with Gasteiger partial charge in [-0.05, 0) is 47.5 Å². The molecule has 0 saturated carbocycles. The van der Waals surface area contributed by atoms with Crippen LogP contribution in [0.4, 0.5) is 0 Å². The molecular formula is C51H33N5. The van der Waals surface area contributed by atoms with Crippen molar-refractivity contribution in [2.24, 2.45) is 0 Å². The first-order valence-electron chi connectivity index (χ1n) is 18.7. The molecule has 10 aromatic rings. The van der Waals surface area contributed by atoms with Gasteiger partial charge in [0, 0.05) is 50.4 Å². The molecule has 0 unspecified atom stereocenters. The maximum atomic E-state index is 5.37. The maximum absolute atomic E-state index is 5.37. The van der Waals surface area contributed by atoms with Crippen LogP contribution in [0.5, 0.6) is 0 Å². The minimum atomic E-state index is 0.670. The highest BCUT2D eigenvalue weighted by molar-refractivity contribution is 6.09. The molecule has 0 N–H and O–H groups in total. The smallest absolute Gasteiger partial charge is 0.160 e. The molecule has 10 rings (SSSR count). The molecule has 0 radical (unpaired) electrons. The first kappa shape index (κ1) is 33.0. The third-order valence-corrected chi connectivity index (χ3v) is 10.1. The molecule has 4 heterocycles. The fraction of sp³-hybridized carbons (Fsp3) is 0. The molecule has 262 valence electrons. The van der Waals surface area contributed by atoms with Crippen molar-refractivity contribution in [2.45, 2.75) is 0 Å². The molecule has 0 atom stereocenters. The number of aromatic nitrogens is 5. The Balaban J connectivity index is 1.13. The fourth-order valence-corrected chi connectivity index (χ4v) is 7.28. The van der Waals surface area contributed by atoms with Crippen LogP contribution in [0.1, 0.15) is 0 Å². The molecule has 0 spiro atoms. The van der Waals surface area contributed by atoms with Gasteiger partial charge in [-0.15, -0.1) is 0 Å². The van der Waals surface area contributed by atoms with Crippen molar-refractivity contribution in [3.63, 3.8) is 0 Å². The summed E-state index contributed by atoms with van der Waals surface area (Å²) >= 11 is 0. The molecule has 56 heavy (non-hydrogen) atoms. The molecule has 0 aliphatic rings. The Labute approximate surface area is 324 Å². The van der Waals surface area contributed by atoms with E-state index in [-0.39, 0.29) is 0 Å². The summed E-state index contributed by atoms with van der Waals surface area (Å²) in [5.41, 5.74) is 14.3. The average molecular weight is 716 g/mol. The van der Waals surface area contributed by atoms with Crippen LogP contribution in [-0.2, 0) is 0 Å². The Bertz CT molecular complexity index is 2990. The molecule has 0 aliphatic heterocycles. The topological polar surface area (TPSA) is 64.5 Å². The van der Waals surface area contributed by atoms with E-state index in [2.05, 4.69) is 133 Å². The third-order valence-electron chi connectivity index (χ3n) is 10.1. The Kier molecular flexibility index (Phi) is 8.43. The molecule has 5 nitrogen and oxygen atoms in total. The predicted octanol–water partition coefficient (Wildman–Crippen LogP) is 12.6. The van der Waals surface area contributed by atoms with Gasteiger partial charge in [-0.1, -0.05) is 158 Å². The van der Waals surface area contributed by atoms with Gasteiger partial charge in [0.2, 0.25) is 0 Å². The lowest BCUT2D eigenvalue weighted by molar-refractivity contribution is 1.18. The van der Waals surface area contributed by atoms with Crippen LogP contribution >= 0.6 is 0 Å². The number of pyridine rings is 3. The molecular weight excluding hydrogens is 683 g/mol. The molecule has 4 aromatic heterocycles. The van der Waals surface area contributed by atoms with Crippen LogP contribution in [-0.4, -0.2) is 24.9 Å². The molecule has 0 fully saturated rings. The van der Waals surface area contributed by atoms with E-state index < -0.39 is 0 Å². The van der Waals surface area contributed by atoms with E-state index in [4.69, 9.17) is 24.9 Å². The largest absolute Gasteiger partial charge is 0.256 e. The standard InChI is InChI=1S/C51H33N5/c1-4-13-34(14-5-1)35-22-24-37(25-23-35)47-33-48(56-51(55-47)39-17-8-3-9-18-39)41-20-12-19-40(31-41)46-32-43(45-21-10-11-30-52-45)42-28-26-38-27-29-44(36-15-6-2-7-16-36)53-49(38)50(42)54-46/h1-33H. The Morgan fingerprint density at radius 2 is 0.821 bits per heavy atom. The Morgan fingerprint density at radius 1 is 0.286 bits per heavy atom. The zero-order valence-electron chi connectivity index (χ0n) is 30.3. The van der Waals surface area contributed by atoms with Crippen molar-refractivity contribution in [1.29, 1.82) is 0 Å². The van der Waals surface area contributed by atoms with E-state index in [9.17, 15) is 0 Å². The second-order valence-corrected chi connectivity index (χ2v) is 13.7. The number of fused-ring (bicyclic) bond motifs is 3. The molecule has 5 heteroatoms. The lowest BCUT2D eigenvalue weighted by Gasteiger charge is -2.13. The highest BCUT2D eigenvalue weighted by Gasteiger charge is 2.16. The number of hydrogen-bond acceptors (Lipinski definition) is 5. The first-order valence-corrected chi connectivity index (χ1v) is 18.7. The monoisotopic (exact) mass is 715 g/mol. The lowest BCUT2D eigenvalue weighted by atomic mass is 9.98. The minimum Gasteiger partial charge on any atom is -0.256 e. The summed E-state index contributed by atoms with van der Waals surface area (Å²) in [6, 6.07) is 66.6. The van der Waals surface area contributed by atoms with Gasteiger partial charge in [-0.3, -0.25) is 4.98 Å². The van der Waals surface area contributed by atoms with Gasteiger partial charge in [0.15, 0.2) is 5.82 Å². The number of benzene rings is 6. The van der Waals surface area contributed by atoms with E-state index in [0.717, 1.165) is 89.2 Å². The van der Waals surface area contributed by atoms with Crippen LogP contribution in [0.15, 0.2) is 200 Å². The van der Waals surface area contributed by atoms with Gasteiger partial charge in [0.1, 0.15) is 0 Å². The summed E-state index contributed by atoms with van der Waals surface area (Å²) in [6.07, 6.45) is 1.83. The SMILES string of the molecule is c1ccc(-c2ccc(-c3cc(-c4cccc(-c5cc(-c6ccccn6)c6ccc7ccc(-c8ccccc8)nc7c6n5)c4)nc(-c4ccccc4)n3)cc2)cc1. The molecule has 0 aliphatic carbocycles. The normalized spacial score (nSPS) is 11.2. The molecule has 0 saturated heterocycles. The quantitative estimate of drug-likeness (QED) is 0.154. The van der Waals surface area contributed by atoms with Crippen molar-refractivity contribution in [3.05, 3.63) is 200 Å². The van der Waals surface area contributed by atoms with E-state index in [0.29, 0.717) is 5.82 Å². The van der Waals surface area contributed by atoms with Gasteiger partial charge in [-0.2, -0.15) is 0 Å². The minimum absolute atomic E-state index is 0.670. The van der Waals surface area contributed by atoms with E-state index >= 15 is 0 Å². The number of hydrogen-bond donors (Lipinski definition) is 0. The van der Waals surface area contributed by atoms with Crippen molar-refractivity contribution in [2.75, 3.05) is 0 Å². The summed E-state index contributed by atoms with van der Waals surface area (Å²) < 4.78 is 0. The van der Waals surface area contributed by atoms with Crippen LogP contribution in [0.3, 0.4) is 0 Å². The second kappa shape index (κ2) is 14.3. The summed E-state index contributed by atoms with van der Waals surface area (Å²) in [4.78, 5) is 25.6. The highest BCUT2D eigenvalue weighted by atomic mass is 14.9. The zero-order valence-corrected chi connectivity index (χ0v) is 30.3. The lowest BCUT2D eigenvalue weighted by Crippen LogP contribution is -1.97. The van der Waals surface area contributed by atoms with Crippen molar-refractivity contribution < 1.29 is 0 Å². The van der Waals surface area contributed by atoms with Gasteiger partial charge < -0.3 is 0 Å². The van der Waals surface area contributed by atoms with E-state index in [1.807, 2.05) is 66.9 Å². The van der Waals surface area contributed by atoms with Crippen LogP contribution < -0.4 is 0 Å². The Hall–Kier alpha value is -7.63. The molecule has 0 bridgehead atoms. The van der Waals surface area contributed by atoms with E-state index in [1.165, 1.54) is 5.56 Å². The fourth-order valence-electron chi connectivity index (χ4n) is 7.28. The van der Waals surface area contributed by atoms with Crippen molar-refractivity contribution in [3.8, 4) is 78.8 Å². The van der Waals surface area contributed by atoms with Crippen molar-refractivity contribution >= 4 is 21.8 Å². The van der Waals surface area contributed by atoms with Gasteiger partial charge in [0.05, 0.1) is 39.5 Å². The van der Waals surface area contributed by atoms with E-state index in [1.54, 1.807) is 0 Å². The van der Waals surface area contributed by atoms with Crippen LogP contribution in [0, 0.1) is 0 Å². The summed E-state index contributed by atoms with van der Waals surface area (Å²) in [7, 11) is 0. The zero-order chi connectivity index (χ0) is 37.3. The molecule has 6 aromatic carbocycles.